The maximum atomic E-state index is 11.4. The lowest BCUT2D eigenvalue weighted by Gasteiger charge is -2.23. The normalized spacial score (nSPS) is 12.3. The van der Waals surface area contributed by atoms with Gasteiger partial charge in [0.25, 0.3) is 0 Å². The fourth-order valence-electron chi connectivity index (χ4n) is 3.21. The molecule has 0 unspecified atom stereocenters. The molecule has 0 aliphatic rings. The molecule has 0 aromatic heterocycles. The SMILES string of the molecule is COC(=O)CC(C)(C)CCCCC(O)CCCCC(C)(C)CC(=O)OC. The third-order valence-electron chi connectivity index (χ3n) is 4.98. The van der Waals surface area contributed by atoms with Crippen LogP contribution in [0, 0.1) is 10.8 Å². The Balaban J connectivity index is 3.82. The molecule has 0 amide bonds. The molecule has 0 aliphatic carbocycles. The maximum Gasteiger partial charge on any atom is 0.306 e. The minimum absolute atomic E-state index is 0.0523. The molecule has 0 atom stereocenters. The summed E-state index contributed by atoms with van der Waals surface area (Å²) >= 11 is 0. The predicted octanol–water partition coefficient (Wildman–Crippen LogP) is 4.65. The smallest absolute Gasteiger partial charge is 0.306 e. The van der Waals surface area contributed by atoms with Crippen molar-refractivity contribution in [2.24, 2.45) is 10.8 Å². The number of hydrogen-bond acceptors (Lipinski definition) is 5. The third-order valence-corrected chi connectivity index (χ3v) is 4.98. The molecule has 0 bridgehead atoms. The van der Waals surface area contributed by atoms with E-state index in [1.807, 2.05) is 0 Å². The summed E-state index contributed by atoms with van der Waals surface area (Å²) in [5, 5.41) is 10.1. The molecule has 0 rings (SSSR count). The number of aliphatic hydroxyl groups excluding tert-OH is 1. The van der Waals surface area contributed by atoms with Crippen molar-refractivity contribution >= 4 is 11.9 Å². The number of esters is 2. The Bertz CT molecular complexity index is 377. The molecule has 0 heterocycles. The van der Waals surface area contributed by atoms with E-state index in [2.05, 4.69) is 27.7 Å². The number of carbonyl (C=O) groups is 2. The highest BCUT2D eigenvalue weighted by atomic mass is 16.5. The van der Waals surface area contributed by atoms with Gasteiger partial charge in [-0.05, 0) is 36.5 Å². The first-order valence-electron chi connectivity index (χ1n) is 9.83. The number of methoxy groups -OCH3 is 2. The van der Waals surface area contributed by atoms with E-state index in [4.69, 9.17) is 9.47 Å². The minimum Gasteiger partial charge on any atom is -0.469 e. The van der Waals surface area contributed by atoms with Crippen LogP contribution in [0.1, 0.15) is 91.9 Å². The lowest BCUT2D eigenvalue weighted by Crippen LogP contribution is -2.18. The second kappa shape index (κ2) is 12.3. The molecule has 0 saturated heterocycles. The van der Waals surface area contributed by atoms with Gasteiger partial charge in [-0.25, -0.2) is 0 Å². The number of aliphatic hydroxyl groups is 1. The highest BCUT2D eigenvalue weighted by Gasteiger charge is 2.23. The summed E-state index contributed by atoms with van der Waals surface area (Å²) in [6.07, 6.45) is 8.09. The first-order chi connectivity index (χ1) is 12.0. The van der Waals surface area contributed by atoms with Gasteiger partial charge in [-0.3, -0.25) is 9.59 Å². The van der Waals surface area contributed by atoms with Crippen molar-refractivity contribution in [1.82, 2.24) is 0 Å². The Labute approximate surface area is 159 Å². The molecular formula is C21H40O5. The van der Waals surface area contributed by atoms with Crippen LogP contribution in [0.2, 0.25) is 0 Å². The van der Waals surface area contributed by atoms with Gasteiger partial charge in [-0.15, -0.1) is 0 Å². The Hall–Kier alpha value is -1.10. The van der Waals surface area contributed by atoms with E-state index in [9.17, 15) is 14.7 Å². The zero-order valence-electron chi connectivity index (χ0n) is 17.7. The first kappa shape index (κ1) is 24.9. The summed E-state index contributed by atoms with van der Waals surface area (Å²) in [4.78, 5) is 22.7. The van der Waals surface area contributed by atoms with Crippen LogP contribution in [0.4, 0.5) is 0 Å². The fourth-order valence-corrected chi connectivity index (χ4v) is 3.21. The molecule has 26 heavy (non-hydrogen) atoms. The van der Waals surface area contributed by atoms with Crippen LogP contribution in [0.3, 0.4) is 0 Å². The van der Waals surface area contributed by atoms with Gasteiger partial charge in [0, 0.05) is 0 Å². The van der Waals surface area contributed by atoms with Crippen molar-refractivity contribution in [3.8, 4) is 0 Å². The molecule has 5 nitrogen and oxygen atoms in total. The first-order valence-corrected chi connectivity index (χ1v) is 9.83. The highest BCUT2D eigenvalue weighted by molar-refractivity contribution is 5.70. The molecule has 0 radical (unpaired) electrons. The van der Waals surface area contributed by atoms with Gasteiger partial charge in [0.2, 0.25) is 0 Å². The van der Waals surface area contributed by atoms with E-state index >= 15 is 0 Å². The quantitative estimate of drug-likeness (QED) is 0.355. The topological polar surface area (TPSA) is 72.8 Å². The lowest BCUT2D eigenvalue weighted by molar-refractivity contribution is -0.144. The van der Waals surface area contributed by atoms with Crippen molar-refractivity contribution in [2.75, 3.05) is 14.2 Å². The van der Waals surface area contributed by atoms with Gasteiger partial charge in [0.15, 0.2) is 0 Å². The standard InChI is InChI=1S/C21H40O5/c1-20(2,15-18(23)25-5)13-9-7-11-17(22)12-8-10-14-21(3,4)16-19(24)26-6/h17,22H,7-16H2,1-6H3. The summed E-state index contributed by atoms with van der Waals surface area (Å²) < 4.78 is 9.46. The van der Waals surface area contributed by atoms with Crippen LogP contribution in [0.15, 0.2) is 0 Å². The molecule has 0 aromatic carbocycles. The van der Waals surface area contributed by atoms with Gasteiger partial charge in [-0.1, -0.05) is 53.4 Å². The second-order valence-electron chi connectivity index (χ2n) is 8.98. The summed E-state index contributed by atoms with van der Waals surface area (Å²) in [6, 6.07) is 0. The summed E-state index contributed by atoms with van der Waals surface area (Å²) in [5.41, 5.74) is -0.105. The largest absolute Gasteiger partial charge is 0.469 e. The van der Waals surface area contributed by atoms with E-state index in [-0.39, 0.29) is 28.9 Å². The number of carbonyl (C=O) groups excluding carboxylic acids is 2. The summed E-state index contributed by atoms with van der Waals surface area (Å²) in [5.74, 6) is -0.324. The Morgan fingerprint density at radius 3 is 1.42 bits per heavy atom. The van der Waals surface area contributed by atoms with Crippen molar-refractivity contribution in [3.63, 3.8) is 0 Å². The van der Waals surface area contributed by atoms with E-state index in [1.165, 1.54) is 14.2 Å². The van der Waals surface area contributed by atoms with E-state index < -0.39 is 0 Å². The number of unbranched alkanes of at least 4 members (excludes halogenated alkanes) is 2. The number of ether oxygens (including phenoxy) is 2. The van der Waals surface area contributed by atoms with Crippen molar-refractivity contribution in [2.45, 2.75) is 98.0 Å². The van der Waals surface area contributed by atoms with Crippen LogP contribution >= 0.6 is 0 Å². The Morgan fingerprint density at radius 1 is 0.769 bits per heavy atom. The van der Waals surface area contributed by atoms with Gasteiger partial charge in [0.1, 0.15) is 0 Å². The van der Waals surface area contributed by atoms with Crippen molar-refractivity contribution < 1.29 is 24.2 Å². The monoisotopic (exact) mass is 372 g/mol. The third kappa shape index (κ3) is 13.2. The zero-order valence-corrected chi connectivity index (χ0v) is 17.7. The molecule has 0 fully saturated rings. The number of rotatable bonds is 14. The summed E-state index contributed by atoms with van der Waals surface area (Å²) in [7, 11) is 2.84. The predicted molar refractivity (Wildman–Crippen MR) is 104 cm³/mol. The van der Waals surface area contributed by atoms with E-state index in [1.54, 1.807) is 0 Å². The van der Waals surface area contributed by atoms with E-state index in [0.717, 1.165) is 51.4 Å². The van der Waals surface area contributed by atoms with Gasteiger partial charge in [0.05, 0.1) is 33.2 Å². The minimum atomic E-state index is -0.262. The van der Waals surface area contributed by atoms with E-state index in [0.29, 0.717) is 12.8 Å². The van der Waals surface area contributed by atoms with Crippen LogP contribution in [0.25, 0.3) is 0 Å². The van der Waals surface area contributed by atoms with Gasteiger partial charge < -0.3 is 14.6 Å². The lowest BCUT2D eigenvalue weighted by atomic mass is 9.83. The van der Waals surface area contributed by atoms with Crippen LogP contribution in [0.5, 0.6) is 0 Å². The second-order valence-corrected chi connectivity index (χ2v) is 8.98. The zero-order chi connectivity index (χ0) is 20.2. The average Bonchev–Trinajstić information content (AvgIpc) is 2.54. The number of hydrogen-bond donors (Lipinski definition) is 1. The molecule has 5 heteroatoms. The summed E-state index contributed by atoms with van der Waals surface area (Å²) in [6.45, 7) is 8.32. The van der Waals surface area contributed by atoms with Crippen molar-refractivity contribution in [3.05, 3.63) is 0 Å². The van der Waals surface area contributed by atoms with Crippen molar-refractivity contribution in [1.29, 1.82) is 0 Å². The highest BCUT2D eigenvalue weighted by Crippen LogP contribution is 2.30. The fraction of sp³-hybridized carbons (Fsp3) is 0.905. The molecular weight excluding hydrogens is 332 g/mol. The van der Waals surface area contributed by atoms with Crippen LogP contribution in [-0.2, 0) is 19.1 Å². The molecule has 0 spiro atoms. The van der Waals surface area contributed by atoms with Gasteiger partial charge >= 0.3 is 11.9 Å². The van der Waals surface area contributed by atoms with Crippen LogP contribution < -0.4 is 0 Å². The molecule has 1 N–H and O–H groups in total. The molecule has 0 aliphatic heterocycles. The molecule has 0 saturated carbocycles. The molecule has 0 aromatic rings. The molecule has 154 valence electrons. The maximum absolute atomic E-state index is 11.4. The van der Waals surface area contributed by atoms with Gasteiger partial charge in [-0.2, -0.15) is 0 Å². The average molecular weight is 373 g/mol. The Morgan fingerprint density at radius 2 is 1.12 bits per heavy atom. The van der Waals surface area contributed by atoms with Crippen LogP contribution in [-0.4, -0.2) is 37.4 Å². The Kier molecular flexibility index (Phi) is 11.8.